The van der Waals surface area contributed by atoms with Gasteiger partial charge in [-0.05, 0) is 56.3 Å². The molecule has 0 saturated carbocycles. The highest BCUT2D eigenvalue weighted by Gasteiger charge is 2.21. The minimum absolute atomic E-state index is 0.00925. The molecule has 1 amide bonds. The largest absolute Gasteiger partial charge is 0.396 e. The molecule has 1 atom stereocenters. The first-order valence-electron chi connectivity index (χ1n) is 7.47. The van der Waals surface area contributed by atoms with E-state index in [9.17, 15) is 4.79 Å². The van der Waals surface area contributed by atoms with Crippen LogP contribution >= 0.6 is 11.6 Å². The van der Waals surface area contributed by atoms with Crippen molar-refractivity contribution in [2.45, 2.75) is 26.2 Å². The van der Waals surface area contributed by atoms with Gasteiger partial charge in [-0.25, -0.2) is 0 Å². The van der Waals surface area contributed by atoms with Crippen molar-refractivity contribution in [1.82, 2.24) is 4.90 Å². The summed E-state index contributed by atoms with van der Waals surface area (Å²) in [6.07, 6.45) is 3.06. The van der Waals surface area contributed by atoms with E-state index in [-0.39, 0.29) is 12.5 Å². The molecule has 2 N–H and O–H groups in total. The Morgan fingerprint density at radius 2 is 2.33 bits per heavy atom. The summed E-state index contributed by atoms with van der Waals surface area (Å²) in [5.41, 5.74) is 1.78. The fourth-order valence-electron chi connectivity index (χ4n) is 2.83. The van der Waals surface area contributed by atoms with Crippen LogP contribution in [0.2, 0.25) is 5.02 Å². The lowest BCUT2D eigenvalue weighted by Gasteiger charge is -2.31. The topological polar surface area (TPSA) is 52.6 Å². The molecule has 1 unspecified atom stereocenters. The van der Waals surface area contributed by atoms with Gasteiger partial charge in [-0.1, -0.05) is 17.7 Å². The molecule has 4 nitrogen and oxygen atoms in total. The number of hydrogen-bond acceptors (Lipinski definition) is 3. The van der Waals surface area contributed by atoms with E-state index in [0.717, 1.165) is 43.6 Å². The first-order chi connectivity index (χ1) is 10.1. The molecule has 21 heavy (non-hydrogen) atoms. The maximum atomic E-state index is 12.2. The standard InChI is InChI=1S/C16H23ClN2O2/c1-12-4-5-14(17)9-15(12)18-16(21)11-19-7-2-3-13(10-19)6-8-20/h4-5,9,13,20H,2-3,6-8,10-11H2,1H3,(H,18,21). The van der Waals surface area contributed by atoms with Gasteiger partial charge in [0.05, 0.1) is 6.54 Å². The number of nitrogens with zero attached hydrogens (tertiary/aromatic N) is 1. The Bertz CT molecular complexity index is 491. The minimum atomic E-state index is -0.00925. The number of aryl methyl sites for hydroxylation is 1. The molecule has 0 spiro atoms. The van der Waals surface area contributed by atoms with E-state index < -0.39 is 0 Å². The van der Waals surface area contributed by atoms with Crippen LogP contribution in [-0.4, -0.2) is 42.2 Å². The van der Waals surface area contributed by atoms with Gasteiger partial charge < -0.3 is 10.4 Å². The zero-order valence-electron chi connectivity index (χ0n) is 12.4. The highest BCUT2D eigenvalue weighted by Crippen LogP contribution is 2.21. The van der Waals surface area contributed by atoms with Crippen LogP contribution in [0.1, 0.15) is 24.8 Å². The van der Waals surface area contributed by atoms with E-state index in [1.54, 1.807) is 6.07 Å². The van der Waals surface area contributed by atoms with Crippen molar-refractivity contribution in [3.8, 4) is 0 Å². The molecular weight excluding hydrogens is 288 g/mol. The number of rotatable bonds is 5. The van der Waals surface area contributed by atoms with Crippen LogP contribution in [-0.2, 0) is 4.79 Å². The SMILES string of the molecule is Cc1ccc(Cl)cc1NC(=O)CN1CCCC(CCO)C1. The molecule has 1 saturated heterocycles. The number of aliphatic hydroxyl groups excluding tert-OH is 1. The molecule has 2 rings (SSSR count). The third-order valence-corrected chi connectivity index (χ3v) is 4.22. The van der Waals surface area contributed by atoms with Gasteiger partial charge in [-0.15, -0.1) is 0 Å². The van der Waals surface area contributed by atoms with E-state index >= 15 is 0 Å². The molecule has 0 aliphatic carbocycles. The van der Waals surface area contributed by atoms with Crippen molar-refractivity contribution in [3.63, 3.8) is 0 Å². The third kappa shape index (κ3) is 4.99. The molecule has 116 valence electrons. The van der Waals surface area contributed by atoms with Crippen LogP contribution in [0.4, 0.5) is 5.69 Å². The summed E-state index contributed by atoms with van der Waals surface area (Å²) >= 11 is 5.96. The second-order valence-corrected chi connectivity index (χ2v) is 6.20. The van der Waals surface area contributed by atoms with Crippen LogP contribution < -0.4 is 5.32 Å². The quantitative estimate of drug-likeness (QED) is 0.879. The lowest BCUT2D eigenvalue weighted by molar-refractivity contribution is -0.117. The Morgan fingerprint density at radius 3 is 3.10 bits per heavy atom. The number of benzene rings is 1. The Balaban J connectivity index is 1.88. The maximum Gasteiger partial charge on any atom is 0.238 e. The highest BCUT2D eigenvalue weighted by molar-refractivity contribution is 6.31. The number of amides is 1. The molecule has 1 aromatic rings. The van der Waals surface area contributed by atoms with Crippen LogP contribution in [0, 0.1) is 12.8 Å². The molecule has 1 aromatic carbocycles. The molecule has 0 bridgehead atoms. The first-order valence-corrected chi connectivity index (χ1v) is 7.85. The number of likely N-dealkylation sites (tertiary alicyclic amines) is 1. The van der Waals surface area contributed by atoms with Crippen LogP contribution in [0.25, 0.3) is 0 Å². The average molecular weight is 311 g/mol. The van der Waals surface area contributed by atoms with E-state index in [1.165, 1.54) is 0 Å². The molecule has 0 radical (unpaired) electrons. The Kier molecular flexibility index (Phi) is 6.03. The van der Waals surface area contributed by atoms with E-state index in [0.29, 0.717) is 17.5 Å². The Hall–Kier alpha value is -1.10. The van der Waals surface area contributed by atoms with Crippen molar-refractivity contribution in [1.29, 1.82) is 0 Å². The fraction of sp³-hybridized carbons (Fsp3) is 0.562. The normalized spacial score (nSPS) is 19.5. The smallest absolute Gasteiger partial charge is 0.238 e. The summed E-state index contributed by atoms with van der Waals surface area (Å²) < 4.78 is 0. The predicted molar refractivity (Wildman–Crippen MR) is 85.7 cm³/mol. The molecule has 1 fully saturated rings. The lowest BCUT2D eigenvalue weighted by atomic mass is 9.95. The molecule has 1 heterocycles. The Morgan fingerprint density at radius 1 is 1.52 bits per heavy atom. The van der Waals surface area contributed by atoms with Crippen LogP contribution in [0.5, 0.6) is 0 Å². The summed E-state index contributed by atoms with van der Waals surface area (Å²) in [7, 11) is 0. The maximum absolute atomic E-state index is 12.2. The molecule has 5 heteroatoms. The second-order valence-electron chi connectivity index (χ2n) is 5.76. The summed E-state index contributed by atoms with van der Waals surface area (Å²) in [5.74, 6) is 0.495. The van der Waals surface area contributed by atoms with Gasteiger partial charge in [0, 0.05) is 23.9 Å². The number of aliphatic hydroxyl groups is 1. The highest BCUT2D eigenvalue weighted by atomic mass is 35.5. The summed E-state index contributed by atoms with van der Waals surface area (Å²) in [6.45, 7) is 4.41. The number of carbonyl (C=O) groups excluding carboxylic acids is 1. The zero-order valence-corrected chi connectivity index (χ0v) is 13.2. The van der Waals surface area contributed by atoms with Crippen molar-refractivity contribution in [2.24, 2.45) is 5.92 Å². The Labute approximate surface area is 131 Å². The van der Waals surface area contributed by atoms with Gasteiger partial charge in [0.15, 0.2) is 0 Å². The summed E-state index contributed by atoms with van der Waals surface area (Å²) in [4.78, 5) is 14.3. The van der Waals surface area contributed by atoms with Crippen molar-refractivity contribution >= 4 is 23.2 Å². The average Bonchev–Trinajstić information content (AvgIpc) is 2.43. The summed E-state index contributed by atoms with van der Waals surface area (Å²) in [5, 5.41) is 12.6. The van der Waals surface area contributed by atoms with E-state index in [2.05, 4.69) is 10.2 Å². The second kappa shape index (κ2) is 7.78. The molecule has 0 aromatic heterocycles. The van der Waals surface area contributed by atoms with Gasteiger partial charge in [0.2, 0.25) is 5.91 Å². The number of nitrogens with one attached hydrogen (secondary N) is 1. The summed E-state index contributed by atoms with van der Waals surface area (Å²) in [6, 6.07) is 5.49. The monoisotopic (exact) mass is 310 g/mol. The van der Waals surface area contributed by atoms with Gasteiger partial charge in [0.25, 0.3) is 0 Å². The van der Waals surface area contributed by atoms with E-state index in [1.807, 2.05) is 19.1 Å². The number of carbonyl (C=O) groups is 1. The fourth-order valence-corrected chi connectivity index (χ4v) is 3.01. The van der Waals surface area contributed by atoms with Gasteiger partial charge >= 0.3 is 0 Å². The van der Waals surface area contributed by atoms with E-state index in [4.69, 9.17) is 16.7 Å². The first kappa shape index (κ1) is 16.3. The van der Waals surface area contributed by atoms with Crippen LogP contribution in [0.3, 0.4) is 0 Å². The number of hydrogen-bond donors (Lipinski definition) is 2. The van der Waals surface area contributed by atoms with Crippen molar-refractivity contribution < 1.29 is 9.90 Å². The predicted octanol–water partition coefficient (Wildman–Crippen LogP) is 2.68. The number of anilines is 1. The third-order valence-electron chi connectivity index (χ3n) is 3.98. The van der Waals surface area contributed by atoms with Crippen molar-refractivity contribution in [2.75, 3.05) is 31.6 Å². The molecular formula is C16H23ClN2O2. The zero-order chi connectivity index (χ0) is 15.2. The van der Waals surface area contributed by atoms with Gasteiger partial charge in [-0.3, -0.25) is 9.69 Å². The lowest BCUT2D eigenvalue weighted by Crippen LogP contribution is -2.40. The van der Waals surface area contributed by atoms with Gasteiger partial charge in [-0.2, -0.15) is 0 Å². The van der Waals surface area contributed by atoms with Crippen LogP contribution in [0.15, 0.2) is 18.2 Å². The molecule has 1 aliphatic heterocycles. The minimum Gasteiger partial charge on any atom is -0.396 e. The number of halogens is 1. The van der Waals surface area contributed by atoms with Gasteiger partial charge in [0.1, 0.15) is 0 Å². The number of piperidine rings is 1. The molecule has 1 aliphatic rings. The van der Waals surface area contributed by atoms with Crippen molar-refractivity contribution in [3.05, 3.63) is 28.8 Å².